The van der Waals surface area contributed by atoms with Crippen LogP contribution < -0.4 is 4.74 Å². The average molecular weight is 235 g/mol. The fourth-order valence-corrected chi connectivity index (χ4v) is 1.29. The standard InChI is InChI=1S/C12H13NO4/c1-3-16-12(14)17-11(8-13)9-6-4-5-7-10(9)15-2/h4-7,11H,3H2,1-2H3/t11-/m0/s1. The molecule has 1 rings (SSSR count). The van der Waals surface area contributed by atoms with E-state index in [9.17, 15) is 4.79 Å². The number of carbonyl (C=O) groups is 1. The number of para-hydroxylation sites is 1. The first-order chi connectivity index (χ1) is 8.22. The minimum atomic E-state index is -1.04. The first-order valence-corrected chi connectivity index (χ1v) is 5.08. The van der Waals surface area contributed by atoms with E-state index in [1.165, 1.54) is 7.11 Å². The molecule has 0 aliphatic carbocycles. The molecule has 17 heavy (non-hydrogen) atoms. The highest BCUT2D eigenvalue weighted by Gasteiger charge is 2.20. The normalized spacial score (nSPS) is 11.1. The molecule has 0 aliphatic heterocycles. The Kier molecular flexibility index (Phi) is 4.82. The largest absolute Gasteiger partial charge is 0.509 e. The third-order valence-corrected chi connectivity index (χ3v) is 2.01. The lowest BCUT2D eigenvalue weighted by molar-refractivity contribution is 0.0415. The third-order valence-electron chi connectivity index (χ3n) is 2.01. The van der Waals surface area contributed by atoms with Crippen molar-refractivity contribution in [3.8, 4) is 11.8 Å². The van der Waals surface area contributed by atoms with Gasteiger partial charge in [0.05, 0.1) is 13.7 Å². The highest BCUT2D eigenvalue weighted by atomic mass is 16.7. The molecule has 0 aromatic heterocycles. The Morgan fingerprint density at radius 2 is 2.18 bits per heavy atom. The highest BCUT2D eigenvalue weighted by Crippen LogP contribution is 2.27. The third kappa shape index (κ3) is 3.38. The Bertz CT molecular complexity index is 425. The first kappa shape index (κ1) is 12.8. The minimum absolute atomic E-state index is 0.197. The van der Waals surface area contributed by atoms with E-state index < -0.39 is 12.3 Å². The summed E-state index contributed by atoms with van der Waals surface area (Å²) in [5.74, 6) is 0.489. The van der Waals surface area contributed by atoms with Gasteiger partial charge in [-0.2, -0.15) is 5.26 Å². The number of rotatable bonds is 4. The van der Waals surface area contributed by atoms with Crippen LogP contribution in [0.25, 0.3) is 0 Å². The Labute approximate surface area is 99.5 Å². The molecule has 0 saturated carbocycles. The lowest BCUT2D eigenvalue weighted by atomic mass is 10.1. The molecular formula is C12H13NO4. The monoisotopic (exact) mass is 235 g/mol. The van der Waals surface area contributed by atoms with Gasteiger partial charge < -0.3 is 14.2 Å². The topological polar surface area (TPSA) is 68.5 Å². The molecule has 90 valence electrons. The summed E-state index contributed by atoms with van der Waals surface area (Å²) in [6.07, 6.45) is -1.91. The Morgan fingerprint density at radius 3 is 2.76 bits per heavy atom. The predicted molar refractivity (Wildman–Crippen MR) is 59.5 cm³/mol. The van der Waals surface area contributed by atoms with Crippen molar-refractivity contribution in [2.75, 3.05) is 13.7 Å². The van der Waals surface area contributed by atoms with Crippen LogP contribution in [0, 0.1) is 11.3 Å². The van der Waals surface area contributed by atoms with Gasteiger partial charge in [0.1, 0.15) is 11.8 Å². The smallest absolute Gasteiger partial charge is 0.496 e. The van der Waals surface area contributed by atoms with Gasteiger partial charge in [0, 0.05) is 5.56 Å². The summed E-state index contributed by atoms with van der Waals surface area (Å²) in [4.78, 5) is 11.1. The molecule has 1 aromatic rings. The highest BCUT2D eigenvalue weighted by molar-refractivity contribution is 5.61. The van der Waals surface area contributed by atoms with Crippen LogP contribution in [0.3, 0.4) is 0 Å². The van der Waals surface area contributed by atoms with Crippen LogP contribution in [-0.2, 0) is 9.47 Å². The molecule has 1 atom stereocenters. The molecule has 0 amide bonds. The van der Waals surface area contributed by atoms with E-state index in [4.69, 9.17) is 14.7 Å². The summed E-state index contributed by atoms with van der Waals surface area (Å²) < 4.78 is 14.6. The molecule has 0 unspecified atom stereocenters. The van der Waals surface area contributed by atoms with Gasteiger partial charge in [0.25, 0.3) is 0 Å². The number of benzene rings is 1. The number of ether oxygens (including phenoxy) is 3. The van der Waals surface area contributed by atoms with Crippen molar-refractivity contribution < 1.29 is 19.0 Å². The number of nitrogens with zero attached hydrogens (tertiary/aromatic N) is 1. The van der Waals surface area contributed by atoms with Crippen molar-refractivity contribution in [1.82, 2.24) is 0 Å². The second-order valence-electron chi connectivity index (χ2n) is 3.05. The van der Waals surface area contributed by atoms with Gasteiger partial charge in [0.2, 0.25) is 6.10 Å². The fraction of sp³-hybridized carbons (Fsp3) is 0.333. The van der Waals surface area contributed by atoms with E-state index in [1.807, 2.05) is 6.07 Å². The van der Waals surface area contributed by atoms with E-state index in [2.05, 4.69) is 4.74 Å². The van der Waals surface area contributed by atoms with Gasteiger partial charge >= 0.3 is 6.16 Å². The summed E-state index contributed by atoms with van der Waals surface area (Å²) >= 11 is 0. The summed E-state index contributed by atoms with van der Waals surface area (Å²) in [7, 11) is 1.48. The molecule has 0 N–H and O–H groups in total. The lowest BCUT2D eigenvalue weighted by Gasteiger charge is -2.13. The molecule has 0 aliphatic rings. The number of nitriles is 1. The molecule has 0 spiro atoms. The number of methoxy groups -OCH3 is 1. The van der Waals surface area contributed by atoms with Crippen LogP contribution in [0.4, 0.5) is 4.79 Å². The van der Waals surface area contributed by atoms with E-state index in [0.717, 1.165) is 0 Å². The van der Waals surface area contributed by atoms with E-state index in [-0.39, 0.29) is 6.61 Å². The zero-order valence-electron chi connectivity index (χ0n) is 9.67. The van der Waals surface area contributed by atoms with Crippen LogP contribution in [0.1, 0.15) is 18.6 Å². The molecule has 0 saturated heterocycles. The van der Waals surface area contributed by atoms with Crippen molar-refractivity contribution in [2.24, 2.45) is 0 Å². The van der Waals surface area contributed by atoms with Crippen LogP contribution in [0.15, 0.2) is 24.3 Å². The van der Waals surface area contributed by atoms with E-state index >= 15 is 0 Å². The molecule has 0 fully saturated rings. The zero-order valence-corrected chi connectivity index (χ0v) is 9.67. The number of hydrogen-bond acceptors (Lipinski definition) is 5. The summed E-state index contributed by atoms with van der Waals surface area (Å²) in [5.41, 5.74) is 0.491. The molecule has 5 nitrogen and oxygen atoms in total. The van der Waals surface area contributed by atoms with Crippen molar-refractivity contribution in [3.05, 3.63) is 29.8 Å². The quantitative estimate of drug-likeness (QED) is 0.749. The minimum Gasteiger partial charge on any atom is -0.496 e. The van der Waals surface area contributed by atoms with Crippen molar-refractivity contribution in [1.29, 1.82) is 5.26 Å². The molecule has 0 radical (unpaired) electrons. The van der Waals surface area contributed by atoms with Crippen LogP contribution in [0.2, 0.25) is 0 Å². The van der Waals surface area contributed by atoms with Crippen LogP contribution >= 0.6 is 0 Å². The van der Waals surface area contributed by atoms with E-state index in [0.29, 0.717) is 11.3 Å². The van der Waals surface area contributed by atoms with E-state index in [1.54, 1.807) is 31.2 Å². The Balaban J connectivity index is 2.87. The molecule has 0 heterocycles. The SMILES string of the molecule is CCOC(=O)O[C@@H](C#N)c1ccccc1OC. The second kappa shape index (κ2) is 6.38. The van der Waals surface area contributed by atoms with Crippen molar-refractivity contribution in [2.45, 2.75) is 13.0 Å². The maximum absolute atomic E-state index is 11.1. The Hall–Kier alpha value is -2.22. The van der Waals surface area contributed by atoms with Gasteiger partial charge in [-0.3, -0.25) is 0 Å². The van der Waals surface area contributed by atoms with Crippen LogP contribution in [-0.4, -0.2) is 19.9 Å². The van der Waals surface area contributed by atoms with Gasteiger partial charge in [-0.05, 0) is 13.0 Å². The maximum Gasteiger partial charge on any atom is 0.509 e. The molecule has 0 bridgehead atoms. The predicted octanol–water partition coefficient (Wildman–Crippen LogP) is 2.43. The lowest BCUT2D eigenvalue weighted by Crippen LogP contribution is -2.12. The molecule has 1 aromatic carbocycles. The van der Waals surface area contributed by atoms with Crippen molar-refractivity contribution >= 4 is 6.16 Å². The summed E-state index contributed by atoms with van der Waals surface area (Å²) in [6.45, 7) is 1.86. The summed E-state index contributed by atoms with van der Waals surface area (Å²) in [6, 6.07) is 8.72. The van der Waals surface area contributed by atoms with Gasteiger partial charge in [-0.1, -0.05) is 18.2 Å². The average Bonchev–Trinajstić information content (AvgIpc) is 2.36. The van der Waals surface area contributed by atoms with Gasteiger partial charge in [0.15, 0.2) is 0 Å². The molecule has 5 heteroatoms. The molecular weight excluding hydrogens is 222 g/mol. The summed E-state index contributed by atoms with van der Waals surface area (Å²) in [5, 5.41) is 8.98. The fourth-order valence-electron chi connectivity index (χ4n) is 1.29. The first-order valence-electron chi connectivity index (χ1n) is 5.08. The number of hydrogen-bond donors (Lipinski definition) is 0. The van der Waals surface area contributed by atoms with Crippen LogP contribution in [0.5, 0.6) is 5.75 Å². The van der Waals surface area contributed by atoms with Gasteiger partial charge in [-0.15, -0.1) is 0 Å². The second-order valence-corrected chi connectivity index (χ2v) is 3.05. The van der Waals surface area contributed by atoms with Crippen molar-refractivity contribution in [3.63, 3.8) is 0 Å². The maximum atomic E-state index is 11.1. The Morgan fingerprint density at radius 1 is 1.47 bits per heavy atom. The van der Waals surface area contributed by atoms with Gasteiger partial charge in [-0.25, -0.2) is 4.79 Å². The number of carbonyl (C=O) groups excluding carboxylic acids is 1. The zero-order chi connectivity index (χ0) is 12.7.